The van der Waals surface area contributed by atoms with Gasteiger partial charge in [-0.1, -0.05) is 90.9 Å². The SMILES string of the molecule is CC(c1ccccc1)[C@H]1CCc2cc(C(C)(C)C)cc(C(C)(C)C)c2O1. The van der Waals surface area contributed by atoms with E-state index in [4.69, 9.17) is 4.74 Å². The molecule has 3 rings (SSSR count). The molecule has 0 amide bonds. The fourth-order valence-electron chi connectivity index (χ4n) is 3.84. The lowest BCUT2D eigenvalue weighted by molar-refractivity contribution is 0.146. The molecule has 1 nitrogen and oxygen atoms in total. The van der Waals surface area contributed by atoms with Crippen LogP contribution in [-0.2, 0) is 17.3 Å². The van der Waals surface area contributed by atoms with Crippen LogP contribution in [0.4, 0.5) is 0 Å². The summed E-state index contributed by atoms with van der Waals surface area (Å²) in [7, 11) is 0. The third-order valence-corrected chi connectivity index (χ3v) is 5.69. The molecule has 26 heavy (non-hydrogen) atoms. The minimum absolute atomic E-state index is 0.0726. The largest absolute Gasteiger partial charge is 0.489 e. The van der Waals surface area contributed by atoms with Crippen molar-refractivity contribution in [2.45, 2.75) is 84.2 Å². The summed E-state index contributed by atoms with van der Waals surface area (Å²) in [6, 6.07) is 15.5. The van der Waals surface area contributed by atoms with E-state index in [0.717, 1.165) is 18.6 Å². The van der Waals surface area contributed by atoms with E-state index < -0.39 is 0 Å². The molecule has 2 atom stereocenters. The summed E-state index contributed by atoms with van der Waals surface area (Å²) in [5.41, 5.74) is 5.75. The molecule has 2 aromatic rings. The number of aryl methyl sites for hydroxylation is 1. The highest BCUT2D eigenvalue weighted by Gasteiger charge is 2.32. The standard InChI is InChI=1S/C25H34O/c1-17(18-11-9-8-10-12-18)22-14-13-19-15-20(24(2,3)4)16-21(23(19)26-22)25(5,6)7/h8-12,15-17,22H,13-14H2,1-7H3/t17?,22-/m1/s1. The van der Waals surface area contributed by atoms with Crippen molar-refractivity contribution in [2.24, 2.45) is 0 Å². The van der Waals surface area contributed by atoms with E-state index in [2.05, 4.69) is 90.9 Å². The Labute approximate surface area is 159 Å². The van der Waals surface area contributed by atoms with Gasteiger partial charge in [0.25, 0.3) is 0 Å². The first-order valence-corrected chi connectivity index (χ1v) is 9.97. The zero-order valence-corrected chi connectivity index (χ0v) is 17.5. The molecule has 1 aliphatic rings. The second-order valence-corrected chi connectivity index (χ2v) is 9.91. The van der Waals surface area contributed by atoms with Crippen molar-refractivity contribution in [2.75, 3.05) is 0 Å². The Kier molecular flexibility index (Phi) is 4.94. The Hall–Kier alpha value is -1.76. The van der Waals surface area contributed by atoms with E-state index in [-0.39, 0.29) is 16.9 Å². The zero-order chi connectivity index (χ0) is 19.1. The van der Waals surface area contributed by atoms with Gasteiger partial charge in [0.2, 0.25) is 0 Å². The first-order valence-electron chi connectivity index (χ1n) is 9.97. The number of hydrogen-bond donors (Lipinski definition) is 0. The molecular formula is C25H34O. The topological polar surface area (TPSA) is 9.23 Å². The molecule has 0 fully saturated rings. The average Bonchev–Trinajstić information content (AvgIpc) is 2.58. The van der Waals surface area contributed by atoms with Gasteiger partial charge < -0.3 is 4.74 Å². The van der Waals surface area contributed by atoms with Gasteiger partial charge in [-0.2, -0.15) is 0 Å². The van der Waals surface area contributed by atoms with Crippen molar-refractivity contribution in [3.8, 4) is 5.75 Å². The molecule has 0 aromatic heterocycles. The van der Waals surface area contributed by atoms with Crippen molar-refractivity contribution in [1.82, 2.24) is 0 Å². The summed E-state index contributed by atoms with van der Waals surface area (Å²) in [5.74, 6) is 1.55. The van der Waals surface area contributed by atoms with Crippen LogP contribution in [0.2, 0.25) is 0 Å². The molecular weight excluding hydrogens is 316 g/mol. The zero-order valence-electron chi connectivity index (χ0n) is 17.5. The van der Waals surface area contributed by atoms with Crippen molar-refractivity contribution in [3.05, 3.63) is 64.7 Å². The lowest BCUT2D eigenvalue weighted by atomic mass is 9.77. The van der Waals surface area contributed by atoms with E-state index in [1.807, 2.05) is 0 Å². The normalized spacial score (nSPS) is 18.8. The van der Waals surface area contributed by atoms with E-state index in [1.165, 1.54) is 22.3 Å². The highest BCUT2D eigenvalue weighted by Crippen LogP contribution is 2.43. The molecule has 0 spiro atoms. The van der Waals surface area contributed by atoms with Crippen LogP contribution in [0, 0.1) is 0 Å². The summed E-state index contributed by atoms with van der Waals surface area (Å²) in [4.78, 5) is 0. The maximum Gasteiger partial charge on any atom is 0.126 e. The van der Waals surface area contributed by atoms with Crippen molar-refractivity contribution < 1.29 is 4.74 Å². The third kappa shape index (κ3) is 3.82. The van der Waals surface area contributed by atoms with Crippen LogP contribution in [-0.4, -0.2) is 6.10 Å². The number of fused-ring (bicyclic) bond motifs is 1. The Morgan fingerprint density at radius 1 is 0.923 bits per heavy atom. The number of rotatable bonds is 2. The molecule has 1 heteroatoms. The molecule has 2 aromatic carbocycles. The average molecular weight is 351 g/mol. The van der Waals surface area contributed by atoms with Gasteiger partial charge in [-0.15, -0.1) is 0 Å². The highest BCUT2D eigenvalue weighted by molar-refractivity contribution is 5.51. The number of benzene rings is 2. The lowest BCUT2D eigenvalue weighted by Gasteiger charge is -2.36. The Morgan fingerprint density at radius 2 is 1.58 bits per heavy atom. The third-order valence-electron chi connectivity index (χ3n) is 5.69. The van der Waals surface area contributed by atoms with Gasteiger partial charge in [0.05, 0.1) is 0 Å². The second-order valence-electron chi connectivity index (χ2n) is 9.91. The van der Waals surface area contributed by atoms with Crippen molar-refractivity contribution in [1.29, 1.82) is 0 Å². The summed E-state index contributed by atoms with van der Waals surface area (Å²) >= 11 is 0. The van der Waals surface area contributed by atoms with E-state index in [1.54, 1.807) is 0 Å². The van der Waals surface area contributed by atoms with Crippen LogP contribution in [0.25, 0.3) is 0 Å². The Balaban J connectivity index is 2.00. The minimum Gasteiger partial charge on any atom is -0.489 e. The van der Waals surface area contributed by atoms with Crippen LogP contribution < -0.4 is 4.74 Å². The maximum atomic E-state index is 6.67. The van der Waals surface area contributed by atoms with Crippen LogP contribution in [0.5, 0.6) is 5.75 Å². The summed E-state index contributed by atoms with van der Waals surface area (Å²) in [6.45, 7) is 16.1. The molecule has 0 radical (unpaired) electrons. The van der Waals surface area contributed by atoms with Gasteiger partial charge in [0.15, 0.2) is 0 Å². The molecule has 1 unspecified atom stereocenters. The predicted octanol–water partition coefficient (Wildman–Crippen LogP) is 6.78. The van der Waals surface area contributed by atoms with E-state index >= 15 is 0 Å². The molecule has 1 aliphatic heterocycles. The van der Waals surface area contributed by atoms with Crippen LogP contribution in [0.3, 0.4) is 0 Å². The first-order chi connectivity index (χ1) is 12.1. The lowest BCUT2D eigenvalue weighted by Crippen LogP contribution is -2.30. The smallest absolute Gasteiger partial charge is 0.126 e. The van der Waals surface area contributed by atoms with Gasteiger partial charge in [0, 0.05) is 11.5 Å². The van der Waals surface area contributed by atoms with Gasteiger partial charge in [-0.3, -0.25) is 0 Å². The molecule has 0 saturated heterocycles. The van der Waals surface area contributed by atoms with Gasteiger partial charge in [-0.25, -0.2) is 0 Å². The van der Waals surface area contributed by atoms with Crippen molar-refractivity contribution in [3.63, 3.8) is 0 Å². The number of ether oxygens (including phenoxy) is 1. The summed E-state index contributed by atoms with van der Waals surface area (Å²) < 4.78 is 6.67. The van der Waals surface area contributed by atoms with Gasteiger partial charge in [0.1, 0.15) is 11.9 Å². The van der Waals surface area contributed by atoms with Crippen molar-refractivity contribution >= 4 is 0 Å². The number of hydrogen-bond acceptors (Lipinski definition) is 1. The fourth-order valence-corrected chi connectivity index (χ4v) is 3.84. The molecule has 0 bridgehead atoms. The summed E-state index contributed by atoms with van der Waals surface area (Å²) in [6.07, 6.45) is 2.43. The van der Waals surface area contributed by atoms with Crippen LogP contribution in [0.1, 0.15) is 83.1 Å². The second kappa shape index (κ2) is 6.76. The predicted molar refractivity (Wildman–Crippen MR) is 111 cm³/mol. The molecule has 1 heterocycles. The highest BCUT2D eigenvalue weighted by atomic mass is 16.5. The first kappa shape index (κ1) is 19.0. The quantitative estimate of drug-likeness (QED) is 0.580. The molecule has 0 saturated carbocycles. The monoisotopic (exact) mass is 350 g/mol. The van der Waals surface area contributed by atoms with Gasteiger partial charge >= 0.3 is 0 Å². The fraction of sp³-hybridized carbons (Fsp3) is 0.520. The van der Waals surface area contributed by atoms with Crippen LogP contribution in [0.15, 0.2) is 42.5 Å². The molecule has 0 aliphatic carbocycles. The summed E-state index contributed by atoms with van der Waals surface area (Å²) in [5, 5.41) is 0. The minimum atomic E-state index is 0.0726. The molecule has 140 valence electrons. The van der Waals surface area contributed by atoms with E-state index in [0.29, 0.717) is 5.92 Å². The maximum absolute atomic E-state index is 6.67. The molecule has 0 N–H and O–H groups in total. The van der Waals surface area contributed by atoms with Crippen LogP contribution >= 0.6 is 0 Å². The van der Waals surface area contributed by atoms with E-state index in [9.17, 15) is 0 Å². The Bertz CT molecular complexity index is 759. The van der Waals surface area contributed by atoms with Gasteiger partial charge in [-0.05, 0) is 40.4 Å². The Morgan fingerprint density at radius 3 is 2.15 bits per heavy atom.